The number of rotatable bonds is 10. The fourth-order valence-corrected chi connectivity index (χ4v) is 4.41. The molecule has 0 aliphatic carbocycles. The third kappa shape index (κ3) is 5.68. The molecule has 2 amide bonds. The van der Waals surface area contributed by atoms with Crippen LogP contribution < -0.4 is 5.32 Å². The number of hydrogen-bond donors (Lipinski definition) is 3. The van der Waals surface area contributed by atoms with E-state index in [-0.39, 0.29) is 31.2 Å². The Bertz CT molecular complexity index is 1290. The highest BCUT2D eigenvalue weighted by Crippen LogP contribution is 2.24. The summed E-state index contributed by atoms with van der Waals surface area (Å²) in [6, 6.07) is 8.10. The fourth-order valence-electron chi connectivity index (χ4n) is 4.41. The summed E-state index contributed by atoms with van der Waals surface area (Å²) in [6.07, 6.45) is 4.58. The topological polar surface area (TPSA) is 155 Å². The smallest absolute Gasteiger partial charge is 0.326 e. The lowest BCUT2D eigenvalue weighted by atomic mass is 10.1. The lowest BCUT2D eigenvalue weighted by Crippen LogP contribution is -2.40. The Balaban J connectivity index is 1.58. The van der Waals surface area contributed by atoms with Crippen LogP contribution in [0.25, 0.3) is 11.0 Å². The highest BCUT2D eigenvalue weighted by Gasteiger charge is 2.34. The van der Waals surface area contributed by atoms with Crippen LogP contribution in [0, 0.1) is 0 Å². The van der Waals surface area contributed by atoms with Gasteiger partial charge in [-0.05, 0) is 42.7 Å². The molecule has 11 nitrogen and oxygen atoms in total. The number of likely N-dealkylation sites (tertiary alicyclic amines) is 1. The van der Waals surface area contributed by atoms with E-state index in [2.05, 4.69) is 10.3 Å². The average Bonchev–Trinajstić information content (AvgIpc) is 3.48. The second kappa shape index (κ2) is 11.0. The summed E-state index contributed by atoms with van der Waals surface area (Å²) in [5.41, 5.74) is 2.70. The van der Waals surface area contributed by atoms with Crippen molar-refractivity contribution in [2.45, 2.75) is 44.7 Å². The molecule has 11 heteroatoms. The van der Waals surface area contributed by atoms with Crippen molar-refractivity contribution in [3.8, 4) is 0 Å². The third-order valence-corrected chi connectivity index (χ3v) is 6.17. The van der Waals surface area contributed by atoms with Crippen molar-refractivity contribution >= 4 is 34.8 Å². The Morgan fingerprint density at radius 2 is 1.94 bits per heavy atom. The van der Waals surface area contributed by atoms with E-state index in [1.807, 2.05) is 16.7 Å². The maximum atomic E-state index is 13.1. The molecule has 3 aromatic rings. The van der Waals surface area contributed by atoms with Crippen molar-refractivity contribution in [2.24, 2.45) is 0 Å². The molecule has 0 radical (unpaired) electrons. The van der Waals surface area contributed by atoms with Gasteiger partial charge in [0.1, 0.15) is 11.9 Å². The minimum Gasteiger partial charge on any atom is -0.481 e. The first-order chi connectivity index (χ1) is 17.3. The minimum atomic E-state index is -1.03. The number of carboxylic acids is 2. The summed E-state index contributed by atoms with van der Waals surface area (Å²) in [5.74, 6) is -2.04. The Morgan fingerprint density at radius 1 is 1.11 bits per heavy atom. The van der Waals surface area contributed by atoms with Crippen LogP contribution in [-0.2, 0) is 27.3 Å². The van der Waals surface area contributed by atoms with Crippen molar-refractivity contribution in [1.29, 1.82) is 0 Å². The highest BCUT2D eigenvalue weighted by atomic mass is 16.4. The molecule has 1 fully saturated rings. The van der Waals surface area contributed by atoms with E-state index in [1.165, 1.54) is 4.90 Å². The average molecular weight is 494 g/mol. The predicted molar refractivity (Wildman–Crippen MR) is 128 cm³/mol. The Morgan fingerprint density at radius 3 is 2.67 bits per heavy atom. The van der Waals surface area contributed by atoms with Gasteiger partial charge in [-0.2, -0.15) is 0 Å². The molecule has 2 aromatic heterocycles. The van der Waals surface area contributed by atoms with Gasteiger partial charge in [-0.25, -0.2) is 9.78 Å². The van der Waals surface area contributed by atoms with Crippen LogP contribution in [0.2, 0.25) is 0 Å². The number of fused-ring (bicyclic) bond motifs is 1. The zero-order valence-electron chi connectivity index (χ0n) is 19.6. The first-order valence-electron chi connectivity index (χ1n) is 11.7. The van der Waals surface area contributed by atoms with Crippen molar-refractivity contribution in [2.75, 3.05) is 13.1 Å². The lowest BCUT2D eigenvalue weighted by molar-refractivity contribution is -0.141. The van der Waals surface area contributed by atoms with Crippen molar-refractivity contribution in [3.63, 3.8) is 0 Å². The number of aliphatic carboxylic acids is 2. The number of carbonyl (C=O) groups excluding carboxylic acids is 2. The number of imidazole rings is 1. The van der Waals surface area contributed by atoms with Crippen molar-refractivity contribution in [1.82, 2.24) is 24.8 Å². The number of benzene rings is 1. The van der Waals surface area contributed by atoms with E-state index < -0.39 is 18.0 Å². The maximum absolute atomic E-state index is 13.1. The van der Waals surface area contributed by atoms with Gasteiger partial charge in [-0.3, -0.25) is 19.4 Å². The molecule has 0 spiro atoms. The molecule has 36 heavy (non-hydrogen) atoms. The van der Waals surface area contributed by atoms with E-state index in [1.54, 1.807) is 30.6 Å². The molecule has 3 heterocycles. The van der Waals surface area contributed by atoms with Gasteiger partial charge >= 0.3 is 11.9 Å². The van der Waals surface area contributed by atoms with E-state index >= 15 is 0 Å². The van der Waals surface area contributed by atoms with E-state index in [0.29, 0.717) is 49.3 Å². The first-order valence-corrected chi connectivity index (χ1v) is 11.7. The molecule has 1 saturated heterocycles. The van der Waals surface area contributed by atoms with Gasteiger partial charge in [-0.1, -0.05) is 6.07 Å². The number of amides is 2. The third-order valence-electron chi connectivity index (χ3n) is 6.17. The van der Waals surface area contributed by atoms with Crippen molar-refractivity contribution < 1.29 is 29.4 Å². The zero-order chi connectivity index (χ0) is 25.7. The van der Waals surface area contributed by atoms with E-state index in [4.69, 9.17) is 10.1 Å². The van der Waals surface area contributed by atoms with Crippen LogP contribution in [-0.4, -0.2) is 72.5 Å². The Kier molecular flexibility index (Phi) is 7.57. The fraction of sp³-hybridized carbons (Fsp3) is 0.360. The number of carboxylic acid groups (broad SMARTS) is 2. The SMILES string of the molecule is O=C(O)CCC(=O)NCCc1nc2cc(C(=O)N3CCC[C@H]3C(=O)O)ccc2n1Cc1cccnc1. The van der Waals surface area contributed by atoms with Crippen molar-refractivity contribution in [3.05, 3.63) is 59.7 Å². The number of carbonyl (C=O) groups is 4. The summed E-state index contributed by atoms with van der Waals surface area (Å²) in [5, 5.41) is 20.9. The van der Waals surface area contributed by atoms with Crippen LogP contribution in [0.4, 0.5) is 0 Å². The van der Waals surface area contributed by atoms with Crippen LogP contribution in [0.3, 0.4) is 0 Å². The molecule has 0 saturated carbocycles. The van der Waals surface area contributed by atoms with Crippen LogP contribution in [0.5, 0.6) is 0 Å². The minimum absolute atomic E-state index is 0.0965. The number of nitrogens with one attached hydrogen (secondary N) is 1. The molecular weight excluding hydrogens is 466 g/mol. The maximum Gasteiger partial charge on any atom is 0.326 e. The second-order valence-corrected chi connectivity index (χ2v) is 8.67. The molecule has 4 rings (SSSR count). The summed E-state index contributed by atoms with van der Waals surface area (Å²) < 4.78 is 1.99. The quantitative estimate of drug-likeness (QED) is 0.385. The Labute approximate surface area is 206 Å². The van der Waals surface area contributed by atoms with Gasteiger partial charge < -0.3 is 25.0 Å². The molecule has 1 aromatic carbocycles. The van der Waals surface area contributed by atoms with Gasteiger partial charge in [0.15, 0.2) is 0 Å². The number of nitrogens with zero attached hydrogens (tertiary/aromatic N) is 4. The van der Waals surface area contributed by atoms with Gasteiger partial charge in [0.05, 0.1) is 24.0 Å². The Hall–Kier alpha value is -4.28. The van der Waals surface area contributed by atoms with E-state index in [9.17, 15) is 24.3 Å². The number of pyridine rings is 1. The van der Waals surface area contributed by atoms with Crippen LogP contribution in [0.1, 0.15) is 47.4 Å². The van der Waals surface area contributed by atoms with Gasteiger partial charge in [0.2, 0.25) is 5.91 Å². The molecular formula is C25H27N5O6. The summed E-state index contributed by atoms with van der Waals surface area (Å²) in [4.78, 5) is 57.5. The molecule has 0 bridgehead atoms. The van der Waals surface area contributed by atoms with Gasteiger partial charge in [0, 0.05) is 43.9 Å². The first kappa shape index (κ1) is 24.8. The summed E-state index contributed by atoms with van der Waals surface area (Å²) >= 11 is 0. The normalized spacial score (nSPS) is 15.2. The largest absolute Gasteiger partial charge is 0.481 e. The zero-order valence-corrected chi connectivity index (χ0v) is 19.6. The lowest BCUT2D eigenvalue weighted by Gasteiger charge is -2.21. The monoisotopic (exact) mass is 493 g/mol. The molecule has 1 aliphatic rings. The summed E-state index contributed by atoms with van der Waals surface area (Å²) in [7, 11) is 0. The molecule has 188 valence electrons. The number of hydrogen-bond acceptors (Lipinski definition) is 6. The molecule has 1 aliphatic heterocycles. The second-order valence-electron chi connectivity index (χ2n) is 8.67. The summed E-state index contributed by atoms with van der Waals surface area (Å²) in [6.45, 7) is 1.15. The molecule has 1 atom stereocenters. The molecule has 3 N–H and O–H groups in total. The molecule has 0 unspecified atom stereocenters. The predicted octanol–water partition coefficient (Wildman–Crippen LogP) is 1.69. The standard InChI is InChI=1S/C25H27N5O6/c31-22(7-8-23(32)33)27-11-9-21-28-18-13-17(24(34)29-12-2-4-20(29)25(35)36)5-6-19(18)30(21)15-16-3-1-10-26-14-16/h1,3,5-6,10,13-14,20H,2,4,7-9,11-12,15H2,(H,27,31)(H,32,33)(H,35,36)/t20-/m0/s1. The van der Waals surface area contributed by atoms with E-state index in [0.717, 1.165) is 11.1 Å². The van der Waals surface area contributed by atoms with Gasteiger partial charge in [-0.15, -0.1) is 0 Å². The van der Waals surface area contributed by atoms with Crippen LogP contribution >= 0.6 is 0 Å². The van der Waals surface area contributed by atoms with Gasteiger partial charge in [0.25, 0.3) is 5.91 Å². The number of aromatic nitrogens is 3. The highest BCUT2D eigenvalue weighted by molar-refractivity contribution is 5.99. The van der Waals surface area contributed by atoms with Crippen LogP contribution in [0.15, 0.2) is 42.7 Å².